The fraction of sp³-hybridized carbons (Fsp3) is 0.647. The Labute approximate surface area is 262 Å². The van der Waals surface area contributed by atoms with Crippen molar-refractivity contribution in [1.82, 2.24) is 9.55 Å². The van der Waals surface area contributed by atoms with Gasteiger partial charge in [0, 0.05) is 42.7 Å². The molecule has 0 saturated heterocycles. The number of rotatable bonds is 11. The van der Waals surface area contributed by atoms with E-state index in [0.717, 1.165) is 12.8 Å². The van der Waals surface area contributed by atoms with Gasteiger partial charge in [-0.25, -0.2) is 4.79 Å². The van der Waals surface area contributed by atoms with Gasteiger partial charge < -0.3 is 28.9 Å². The Kier molecular flexibility index (Phi) is 11.8. The maximum atomic E-state index is 13.7. The van der Waals surface area contributed by atoms with Crippen LogP contribution >= 0.6 is 0 Å². The van der Waals surface area contributed by atoms with E-state index >= 15 is 0 Å². The molecule has 0 aliphatic rings. The number of carbonyl (C=O) groups is 3. The molecule has 0 bridgehead atoms. The fourth-order valence-electron chi connectivity index (χ4n) is 4.79. The molecule has 2 aromatic rings. The number of aromatic hydroxyl groups is 1. The molecule has 246 valence electrons. The minimum atomic E-state index is -1.51. The second-order valence-corrected chi connectivity index (χ2v) is 14.4. The fourth-order valence-corrected chi connectivity index (χ4v) is 4.79. The largest absolute Gasteiger partial charge is 0.507 e. The van der Waals surface area contributed by atoms with Crippen molar-refractivity contribution in [2.24, 2.45) is 10.4 Å². The third-order valence-corrected chi connectivity index (χ3v) is 7.95. The molecule has 0 fully saturated rings. The molecule has 2 rings (SSSR count). The van der Waals surface area contributed by atoms with Crippen LogP contribution in [0.1, 0.15) is 123 Å². The predicted molar refractivity (Wildman–Crippen MR) is 170 cm³/mol. The summed E-state index contributed by atoms with van der Waals surface area (Å²) in [7, 11) is 1.70. The SMILES string of the molecule is CCC(CC)(CCn1cc[nH]c1=NC(=O)OC(CC(=O)c1cc(C(C)(C)C)c(O)c(C(C)(C)C)c1)OC(=O)C(C)(C)C)OC. The topological polar surface area (TPSA) is 132 Å². The summed E-state index contributed by atoms with van der Waals surface area (Å²) in [4.78, 5) is 46.5. The van der Waals surface area contributed by atoms with Crippen LogP contribution < -0.4 is 5.62 Å². The third kappa shape index (κ3) is 9.55. The van der Waals surface area contributed by atoms with Gasteiger partial charge in [0.2, 0.25) is 5.62 Å². The Bertz CT molecular complexity index is 1330. The average molecular weight is 616 g/mol. The van der Waals surface area contributed by atoms with Crippen molar-refractivity contribution in [1.29, 1.82) is 0 Å². The number of nitrogens with zero attached hydrogens (tertiary/aromatic N) is 2. The zero-order chi connectivity index (χ0) is 33.7. The van der Waals surface area contributed by atoms with Crippen molar-refractivity contribution in [2.45, 2.75) is 131 Å². The second kappa shape index (κ2) is 14.1. The van der Waals surface area contributed by atoms with Crippen molar-refractivity contribution in [3.63, 3.8) is 0 Å². The first-order valence-electron chi connectivity index (χ1n) is 15.3. The highest BCUT2D eigenvalue weighted by Gasteiger charge is 2.32. The maximum Gasteiger partial charge on any atom is 0.439 e. The lowest BCUT2D eigenvalue weighted by atomic mass is 9.78. The summed E-state index contributed by atoms with van der Waals surface area (Å²) in [6.07, 6.45) is 2.85. The molecule has 0 aliphatic heterocycles. The summed E-state index contributed by atoms with van der Waals surface area (Å²) in [6, 6.07) is 3.30. The number of hydrogen-bond acceptors (Lipinski definition) is 7. The number of aryl methyl sites for hydroxylation is 1. The Morgan fingerprint density at radius 2 is 1.48 bits per heavy atom. The van der Waals surface area contributed by atoms with E-state index in [-0.39, 0.29) is 17.0 Å². The number of aromatic amines is 1. The number of ether oxygens (including phenoxy) is 3. The zero-order valence-electron chi connectivity index (χ0n) is 28.7. The number of benzene rings is 1. The number of phenols is 1. The van der Waals surface area contributed by atoms with E-state index in [4.69, 9.17) is 14.2 Å². The Morgan fingerprint density at radius 3 is 1.93 bits per heavy atom. The van der Waals surface area contributed by atoms with Crippen LogP contribution in [0, 0.1) is 5.41 Å². The zero-order valence-corrected chi connectivity index (χ0v) is 28.7. The van der Waals surface area contributed by atoms with Crippen molar-refractivity contribution < 1.29 is 33.7 Å². The maximum absolute atomic E-state index is 13.7. The molecule has 0 saturated carbocycles. The first-order chi connectivity index (χ1) is 20.2. The number of Topliss-reactive ketones (excluding diaryl/α,β-unsaturated/α-hetero) is 1. The van der Waals surface area contributed by atoms with Gasteiger partial charge in [-0.2, -0.15) is 0 Å². The summed E-state index contributed by atoms with van der Waals surface area (Å²) in [6.45, 7) is 21.4. The van der Waals surface area contributed by atoms with Crippen molar-refractivity contribution in [3.05, 3.63) is 46.8 Å². The van der Waals surface area contributed by atoms with E-state index < -0.39 is 46.8 Å². The minimum absolute atomic E-state index is 0.141. The van der Waals surface area contributed by atoms with E-state index in [0.29, 0.717) is 29.7 Å². The highest BCUT2D eigenvalue weighted by Crippen LogP contribution is 2.40. The van der Waals surface area contributed by atoms with Crippen LogP contribution in [0.5, 0.6) is 5.75 Å². The molecular formula is C34H53N3O7. The number of imidazole rings is 1. The minimum Gasteiger partial charge on any atom is -0.507 e. The lowest BCUT2D eigenvalue weighted by Gasteiger charge is -2.30. The van der Waals surface area contributed by atoms with Crippen LogP contribution in [0.2, 0.25) is 0 Å². The molecule has 0 aliphatic carbocycles. The number of carbonyl (C=O) groups excluding carboxylic acids is 3. The van der Waals surface area contributed by atoms with Gasteiger partial charge in [0.1, 0.15) is 5.75 Å². The van der Waals surface area contributed by atoms with Gasteiger partial charge in [0.25, 0.3) is 6.29 Å². The molecular weight excluding hydrogens is 562 g/mol. The van der Waals surface area contributed by atoms with E-state index in [9.17, 15) is 19.5 Å². The van der Waals surface area contributed by atoms with Crippen LogP contribution in [-0.4, -0.2) is 51.5 Å². The average Bonchev–Trinajstić information content (AvgIpc) is 3.34. The van der Waals surface area contributed by atoms with Gasteiger partial charge in [-0.15, -0.1) is 4.99 Å². The van der Waals surface area contributed by atoms with Crippen LogP contribution in [-0.2, 0) is 36.4 Å². The molecule has 1 atom stereocenters. The van der Waals surface area contributed by atoms with Gasteiger partial charge >= 0.3 is 12.1 Å². The quantitative estimate of drug-likeness (QED) is 0.159. The highest BCUT2D eigenvalue weighted by molar-refractivity contribution is 5.97. The standard InChI is InChI=1S/C34H53N3O7/c1-13-34(14-2,42-12)15-17-37-18-16-35-29(37)36-30(41)44-26(43-28(40)33(9,10)11)21-25(38)22-19-23(31(3,4)5)27(39)24(20-22)32(6,7)8/h16,18-20,26,39H,13-15,17,21H2,1-12H3,(H,35,36,41). The summed E-state index contributed by atoms with van der Waals surface area (Å²) < 4.78 is 18.6. The molecule has 10 heteroatoms. The van der Waals surface area contributed by atoms with Gasteiger partial charge in [-0.3, -0.25) is 9.59 Å². The number of ketones is 1. The molecule has 44 heavy (non-hydrogen) atoms. The third-order valence-electron chi connectivity index (χ3n) is 7.95. The van der Waals surface area contributed by atoms with Gasteiger partial charge in [0.15, 0.2) is 5.78 Å². The predicted octanol–water partition coefficient (Wildman–Crippen LogP) is 6.94. The van der Waals surface area contributed by atoms with Crippen LogP contribution in [0.25, 0.3) is 0 Å². The Balaban J connectivity index is 2.41. The molecule has 1 unspecified atom stereocenters. The number of phenolic OH excluding ortho intramolecular Hbond substituents is 1. The van der Waals surface area contributed by atoms with Crippen LogP contribution in [0.15, 0.2) is 29.5 Å². The number of H-pyrrole nitrogens is 1. The molecule has 1 aromatic heterocycles. The lowest BCUT2D eigenvalue weighted by Crippen LogP contribution is -2.34. The van der Waals surface area contributed by atoms with Gasteiger partial charge in [-0.05, 0) is 63.0 Å². The number of hydrogen-bond donors (Lipinski definition) is 2. The number of aromatic nitrogens is 2. The Morgan fingerprint density at radius 1 is 0.932 bits per heavy atom. The van der Waals surface area contributed by atoms with Gasteiger partial charge in [-0.1, -0.05) is 55.4 Å². The molecule has 1 aromatic carbocycles. The van der Waals surface area contributed by atoms with E-state index in [1.165, 1.54) is 0 Å². The van der Waals surface area contributed by atoms with E-state index in [1.54, 1.807) is 57.0 Å². The number of nitrogens with one attached hydrogen (secondary N) is 1. The first-order valence-corrected chi connectivity index (χ1v) is 15.3. The molecule has 10 nitrogen and oxygen atoms in total. The second-order valence-electron chi connectivity index (χ2n) is 14.4. The van der Waals surface area contributed by atoms with Crippen LogP contribution in [0.3, 0.4) is 0 Å². The van der Waals surface area contributed by atoms with Gasteiger partial charge in [0.05, 0.1) is 17.4 Å². The Hall–Kier alpha value is -3.40. The van der Waals surface area contributed by atoms with E-state index in [2.05, 4.69) is 23.8 Å². The summed E-state index contributed by atoms with van der Waals surface area (Å²) in [5.74, 6) is -0.905. The van der Waals surface area contributed by atoms with Crippen molar-refractivity contribution >= 4 is 17.8 Å². The normalized spacial score (nSPS) is 14.0. The molecule has 0 spiro atoms. The summed E-state index contributed by atoms with van der Waals surface area (Å²) in [5, 5.41) is 11.1. The number of amides is 1. The smallest absolute Gasteiger partial charge is 0.439 e. The first kappa shape index (κ1) is 36.8. The van der Waals surface area contributed by atoms with E-state index in [1.807, 2.05) is 41.5 Å². The van der Waals surface area contributed by atoms with Crippen LogP contribution in [0.4, 0.5) is 4.79 Å². The summed E-state index contributed by atoms with van der Waals surface area (Å²) >= 11 is 0. The van der Waals surface area contributed by atoms with Crippen molar-refractivity contribution in [3.8, 4) is 5.75 Å². The lowest BCUT2D eigenvalue weighted by molar-refractivity contribution is -0.176. The number of esters is 1. The summed E-state index contributed by atoms with van der Waals surface area (Å²) in [5.41, 5.74) is -0.300. The molecule has 1 amide bonds. The monoisotopic (exact) mass is 615 g/mol. The van der Waals surface area contributed by atoms with Crippen molar-refractivity contribution in [2.75, 3.05) is 7.11 Å². The molecule has 1 heterocycles. The molecule has 0 radical (unpaired) electrons. The highest BCUT2D eigenvalue weighted by atomic mass is 16.7. The molecule has 2 N–H and O–H groups in total. The number of methoxy groups -OCH3 is 1.